The van der Waals surface area contributed by atoms with E-state index in [1.165, 1.54) is 0 Å². The van der Waals surface area contributed by atoms with Crippen LogP contribution in [0.3, 0.4) is 0 Å². The van der Waals surface area contributed by atoms with Gasteiger partial charge in [-0.05, 0) is 29.9 Å². The van der Waals surface area contributed by atoms with Crippen molar-refractivity contribution in [3.8, 4) is 22.4 Å². The van der Waals surface area contributed by atoms with E-state index in [4.69, 9.17) is 35.4 Å². The highest BCUT2D eigenvalue weighted by Gasteiger charge is 2.11. The number of H-pyrrole nitrogens is 1. The third-order valence-electron chi connectivity index (χ3n) is 3.83. The summed E-state index contributed by atoms with van der Waals surface area (Å²) in [5.74, 6) is 0. The highest BCUT2D eigenvalue weighted by molar-refractivity contribution is 7.71. The lowest BCUT2D eigenvalue weighted by Crippen LogP contribution is -1.92. The monoisotopic (exact) mass is 371 g/mol. The minimum Gasteiger partial charge on any atom is -0.339 e. The summed E-state index contributed by atoms with van der Waals surface area (Å²) in [6.07, 6.45) is 3.72. The number of rotatable bonds is 2. The van der Waals surface area contributed by atoms with Crippen LogP contribution in [-0.4, -0.2) is 14.4 Å². The van der Waals surface area contributed by atoms with Crippen LogP contribution in [0.4, 0.5) is 0 Å². The molecule has 2 aromatic heterocycles. The second-order valence-corrected chi connectivity index (χ2v) is 6.52. The third kappa shape index (κ3) is 2.63. The van der Waals surface area contributed by atoms with Crippen LogP contribution in [-0.2, 0) is 0 Å². The quantitative estimate of drug-likeness (QED) is 0.436. The Kier molecular flexibility index (Phi) is 3.88. The predicted octanol–water partition coefficient (Wildman–Crippen LogP) is 6.03. The molecule has 0 spiro atoms. The molecule has 2 aromatic carbocycles. The Bertz CT molecular complexity index is 1100. The fourth-order valence-electron chi connectivity index (χ4n) is 2.64. The van der Waals surface area contributed by atoms with Crippen LogP contribution in [0.1, 0.15) is 0 Å². The smallest absolute Gasteiger partial charge is 0.205 e. The summed E-state index contributed by atoms with van der Waals surface area (Å²) in [5, 5.41) is 1.04. The Morgan fingerprint density at radius 2 is 1.75 bits per heavy atom. The van der Waals surface area contributed by atoms with Gasteiger partial charge in [0.1, 0.15) is 5.65 Å². The summed E-state index contributed by atoms with van der Waals surface area (Å²) in [5.41, 5.74) is 4.77. The largest absolute Gasteiger partial charge is 0.339 e. The molecule has 1 N–H and O–H groups in total. The van der Waals surface area contributed by atoms with Gasteiger partial charge in [-0.2, -0.15) is 0 Å². The van der Waals surface area contributed by atoms with Gasteiger partial charge in [-0.25, -0.2) is 4.98 Å². The summed E-state index contributed by atoms with van der Waals surface area (Å²) in [6.45, 7) is 0. The van der Waals surface area contributed by atoms with Crippen molar-refractivity contribution >= 4 is 41.1 Å². The Morgan fingerprint density at radius 3 is 2.50 bits per heavy atom. The number of hydrogen-bond donors (Lipinski definition) is 1. The molecule has 0 radical (unpaired) electrons. The first-order valence-corrected chi connectivity index (χ1v) is 8.41. The van der Waals surface area contributed by atoms with Gasteiger partial charge < -0.3 is 4.98 Å². The number of aromatic amines is 1. The number of nitrogens with zero attached hydrogens (tertiary/aromatic N) is 2. The minimum atomic E-state index is 0.493. The lowest BCUT2D eigenvalue weighted by atomic mass is 10.1. The number of hydrogen-bond acceptors (Lipinski definition) is 2. The van der Waals surface area contributed by atoms with Gasteiger partial charge in [0.15, 0.2) is 0 Å². The van der Waals surface area contributed by atoms with Crippen molar-refractivity contribution in [2.75, 3.05) is 0 Å². The molecule has 118 valence electrons. The lowest BCUT2D eigenvalue weighted by molar-refractivity contribution is 1.06. The Morgan fingerprint density at radius 1 is 0.958 bits per heavy atom. The van der Waals surface area contributed by atoms with Gasteiger partial charge in [0.25, 0.3) is 0 Å². The second-order valence-electron chi connectivity index (χ2n) is 5.34. The Hall–Kier alpha value is -2.14. The predicted molar refractivity (Wildman–Crippen MR) is 101 cm³/mol. The maximum absolute atomic E-state index is 6.14. The molecule has 24 heavy (non-hydrogen) atoms. The van der Waals surface area contributed by atoms with Gasteiger partial charge in [0.05, 0.1) is 15.7 Å². The number of fused-ring (bicyclic) bond motifs is 1. The van der Waals surface area contributed by atoms with Crippen molar-refractivity contribution in [3.05, 3.63) is 75.7 Å². The van der Waals surface area contributed by atoms with Gasteiger partial charge in [-0.15, -0.1) is 0 Å². The van der Waals surface area contributed by atoms with Gasteiger partial charge in [0, 0.05) is 23.5 Å². The van der Waals surface area contributed by atoms with Crippen LogP contribution in [0.2, 0.25) is 10.0 Å². The van der Waals surface area contributed by atoms with Crippen molar-refractivity contribution in [3.63, 3.8) is 0 Å². The van der Waals surface area contributed by atoms with E-state index in [0.717, 1.165) is 28.0 Å². The van der Waals surface area contributed by atoms with Gasteiger partial charge in [-0.1, -0.05) is 59.6 Å². The SMILES string of the molecule is S=c1ncc(-c2ccccc2)c2[nH]c(-c3ccc(Cl)c(Cl)c3)cn12. The number of aromatic nitrogens is 3. The highest BCUT2D eigenvalue weighted by Crippen LogP contribution is 2.30. The first kappa shape index (κ1) is 15.4. The normalized spacial score (nSPS) is 11.1. The summed E-state index contributed by atoms with van der Waals surface area (Å²) >= 11 is 17.5. The highest BCUT2D eigenvalue weighted by atomic mass is 35.5. The Labute approximate surface area is 153 Å². The minimum absolute atomic E-state index is 0.493. The molecular formula is C18H11Cl2N3S. The molecule has 0 bridgehead atoms. The topological polar surface area (TPSA) is 33.1 Å². The molecule has 0 amide bonds. The molecule has 0 saturated carbocycles. The zero-order valence-electron chi connectivity index (χ0n) is 12.3. The molecule has 3 nitrogen and oxygen atoms in total. The first-order chi connectivity index (χ1) is 11.6. The van der Waals surface area contributed by atoms with Crippen molar-refractivity contribution < 1.29 is 0 Å². The number of benzene rings is 2. The van der Waals surface area contributed by atoms with Crippen LogP contribution in [0.25, 0.3) is 28.0 Å². The molecule has 0 aliphatic rings. The van der Waals surface area contributed by atoms with Gasteiger partial charge in [0.2, 0.25) is 4.77 Å². The van der Waals surface area contributed by atoms with E-state index in [-0.39, 0.29) is 0 Å². The van der Waals surface area contributed by atoms with Gasteiger partial charge in [-0.3, -0.25) is 4.40 Å². The van der Waals surface area contributed by atoms with Crippen molar-refractivity contribution in [2.24, 2.45) is 0 Å². The number of imidazole rings is 1. The van der Waals surface area contributed by atoms with Crippen molar-refractivity contribution in [1.29, 1.82) is 0 Å². The fourth-order valence-corrected chi connectivity index (χ4v) is 3.14. The Balaban J connectivity index is 1.96. The fraction of sp³-hybridized carbons (Fsp3) is 0. The second kappa shape index (κ2) is 6.06. The molecule has 4 aromatic rings. The molecule has 0 aliphatic carbocycles. The van der Waals surface area contributed by atoms with Gasteiger partial charge >= 0.3 is 0 Å². The zero-order chi connectivity index (χ0) is 16.7. The molecule has 0 saturated heterocycles. The third-order valence-corrected chi connectivity index (χ3v) is 4.87. The molecule has 0 unspecified atom stereocenters. The molecule has 6 heteroatoms. The van der Waals surface area contributed by atoms with E-state index in [1.54, 1.807) is 12.3 Å². The van der Waals surface area contributed by atoms with Crippen molar-refractivity contribution in [1.82, 2.24) is 14.4 Å². The average Bonchev–Trinajstić information content (AvgIpc) is 3.05. The van der Waals surface area contributed by atoms with Crippen molar-refractivity contribution in [2.45, 2.75) is 0 Å². The standard InChI is InChI=1S/C18H11Cl2N3S/c19-14-7-6-12(8-15(14)20)16-10-23-17(22-16)13(9-21-18(23)24)11-4-2-1-3-5-11/h1-10,22H. The summed E-state index contributed by atoms with van der Waals surface area (Å²) in [4.78, 5) is 7.75. The maximum Gasteiger partial charge on any atom is 0.205 e. The molecule has 4 rings (SSSR count). The number of nitrogens with one attached hydrogen (secondary N) is 1. The molecule has 0 fully saturated rings. The van der Waals surface area contributed by atoms with E-state index in [0.29, 0.717) is 14.8 Å². The van der Waals surface area contributed by atoms with Crippen LogP contribution < -0.4 is 0 Å². The summed E-state index contributed by atoms with van der Waals surface area (Å²) in [6, 6.07) is 15.6. The van der Waals surface area contributed by atoms with Crippen LogP contribution in [0, 0.1) is 4.77 Å². The van der Waals surface area contributed by atoms with E-state index < -0.39 is 0 Å². The maximum atomic E-state index is 6.14. The molecule has 0 atom stereocenters. The van der Waals surface area contributed by atoms with Crippen LogP contribution in [0.15, 0.2) is 60.9 Å². The average molecular weight is 372 g/mol. The van der Waals surface area contributed by atoms with E-state index in [1.807, 2.05) is 53.1 Å². The first-order valence-electron chi connectivity index (χ1n) is 7.25. The summed E-state index contributed by atoms with van der Waals surface area (Å²) < 4.78 is 2.36. The zero-order valence-corrected chi connectivity index (χ0v) is 14.7. The van der Waals surface area contributed by atoms with E-state index in [9.17, 15) is 0 Å². The molecular weight excluding hydrogens is 361 g/mol. The molecule has 2 heterocycles. The lowest BCUT2D eigenvalue weighted by Gasteiger charge is -2.03. The van der Waals surface area contributed by atoms with Crippen LogP contribution >= 0.6 is 35.4 Å². The van der Waals surface area contributed by atoms with E-state index >= 15 is 0 Å². The van der Waals surface area contributed by atoms with Crippen LogP contribution in [0.5, 0.6) is 0 Å². The summed E-state index contributed by atoms with van der Waals surface area (Å²) in [7, 11) is 0. The number of halogens is 2. The van der Waals surface area contributed by atoms with E-state index in [2.05, 4.69) is 9.97 Å². The molecule has 0 aliphatic heterocycles.